The molecule has 0 saturated carbocycles. The first kappa shape index (κ1) is 21.5. The highest BCUT2D eigenvalue weighted by atomic mass is 35.5. The number of nitro benzene ring substituents is 1. The second kappa shape index (κ2) is 9.55. The fourth-order valence-corrected chi connectivity index (χ4v) is 3.28. The topological polar surface area (TPSA) is 113 Å². The minimum absolute atomic E-state index is 0.139. The Morgan fingerprint density at radius 1 is 1.10 bits per heavy atom. The molecule has 2 aromatic carbocycles. The van der Waals surface area contributed by atoms with Crippen LogP contribution in [0.2, 0.25) is 5.02 Å². The molecular formula is C20H20ClN3O6. The quantitative estimate of drug-likeness (QED) is 0.527. The van der Waals surface area contributed by atoms with E-state index in [9.17, 15) is 19.7 Å². The van der Waals surface area contributed by atoms with Crippen molar-refractivity contribution in [3.63, 3.8) is 0 Å². The first-order valence-corrected chi connectivity index (χ1v) is 9.60. The molecule has 2 aromatic rings. The van der Waals surface area contributed by atoms with Crippen LogP contribution < -0.4 is 4.74 Å². The summed E-state index contributed by atoms with van der Waals surface area (Å²) in [6, 6.07) is 10.9. The van der Waals surface area contributed by atoms with Crippen LogP contribution in [0, 0.1) is 10.1 Å². The smallest absolute Gasteiger partial charge is 0.335 e. The Labute approximate surface area is 177 Å². The number of hydrogen-bond acceptors (Lipinski definition) is 6. The molecule has 0 bridgehead atoms. The molecule has 10 heteroatoms. The van der Waals surface area contributed by atoms with E-state index in [2.05, 4.69) is 4.90 Å². The molecule has 3 rings (SSSR count). The molecule has 0 atom stereocenters. The van der Waals surface area contributed by atoms with E-state index < -0.39 is 16.6 Å². The van der Waals surface area contributed by atoms with E-state index in [0.29, 0.717) is 31.2 Å². The van der Waals surface area contributed by atoms with Crippen LogP contribution in [0.25, 0.3) is 0 Å². The second-order valence-electron chi connectivity index (χ2n) is 6.82. The van der Waals surface area contributed by atoms with Crippen molar-refractivity contribution in [2.45, 2.75) is 6.54 Å². The summed E-state index contributed by atoms with van der Waals surface area (Å²) in [5, 5.41) is 20.8. The largest absolute Gasteiger partial charge is 0.478 e. The number of rotatable bonds is 7. The Kier molecular flexibility index (Phi) is 6.86. The van der Waals surface area contributed by atoms with E-state index in [4.69, 9.17) is 21.4 Å². The number of carboxylic acid groups (broad SMARTS) is 1. The zero-order chi connectivity index (χ0) is 21.7. The van der Waals surface area contributed by atoms with Gasteiger partial charge in [-0.1, -0.05) is 23.7 Å². The summed E-state index contributed by atoms with van der Waals surface area (Å²) >= 11 is 5.90. The van der Waals surface area contributed by atoms with Gasteiger partial charge in [0, 0.05) is 43.8 Å². The average molecular weight is 434 g/mol. The minimum Gasteiger partial charge on any atom is -0.478 e. The Balaban J connectivity index is 1.52. The lowest BCUT2D eigenvalue weighted by molar-refractivity contribution is -0.385. The fourth-order valence-electron chi connectivity index (χ4n) is 3.15. The van der Waals surface area contributed by atoms with Crippen LogP contribution in [0.4, 0.5) is 5.69 Å². The van der Waals surface area contributed by atoms with E-state index in [0.717, 1.165) is 18.2 Å². The number of amides is 1. The van der Waals surface area contributed by atoms with Crippen molar-refractivity contribution in [1.29, 1.82) is 0 Å². The van der Waals surface area contributed by atoms with Gasteiger partial charge in [0.1, 0.15) is 0 Å². The van der Waals surface area contributed by atoms with Crippen molar-refractivity contribution in [3.8, 4) is 5.75 Å². The van der Waals surface area contributed by atoms with Crippen LogP contribution in [0.3, 0.4) is 0 Å². The number of carbonyl (C=O) groups excluding carboxylic acids is 1. The monoisotopic (exact) mass is 433 g/mol. The highest BCUT2D eigenvalue weighted by molar-refractivity contribution is 6.30. The molecule has 1 N–H and O–H groups in total. The third-order valence-corrected chi connectivity index (χ3v) is 5.05. The highest BCUT2D eigenvalue weighted by Gasteiger charge is 2.23. The van der Waals surface area contributed by atoms with Crippen LogP contribution in [-0.4, -0.2) is 64.5 Å². The van der Waals surface area contributed by atoms with Gasteiger partial charge in [-0.3, -0.25) is 19.8 Å². The third kappa shape index (κ3) is 5.46. The lowest BCUT2D eigenvalue weighted by Crippen LogP contribution is -2.49. The summed E-state index contributed by atoms with van der Waals surface area (Å²) in [6.07, 6.45) is 0. The van der Waals surface area contributed by atoms with Gasteiger partial charge in [0.15, 0.2) is 12.4 Å². The Hall–Kier alpha value is -3.17. The number of nitrogens with zero attached hydrogens (tertiary/aromatic N) is 3. The van der Waals surface area contributed by atoms with Crippen LogP contribution >= 0.6 is 11.6 Å². The number of piperazine rings is 1. The predicted molar refractivity (Wildman–Crippen MR) is 109 cm³/mol. The second-order valence-corrected chi connectivity index (χ2v) is 7.25. The van der Waals surface area contributed by atoms with Crippen molar-refractivity contribution >= 4 is 29.2 Å². The molecule has 1 saturated heterocycles. The fraction of sp³-hybridized carbons (Fsp3) is 0.300. The molecule has 1 heterocycles. The van der Waals surface area contributed by atoms with E-state index in [1.54, 1.807) is 4.90 Å². The van der Waals surface area contributed by atoms with Gasteiger partial charge in [-0.15, -0.1) is 0 Å². The summed E-state index contributed by atoms with van der Waals surface area (Å²) in [7, 11) is 0. The lowest BCUT2D eigenvalue weighted by atomic mass is 10.2. The molecule has 0 radical (unpaired) electrons. The predicted octanol–water partition coefficient (Wildman–Crippen LogP) is 2.67. The van der Waals surface area contributed by atoms with Gasteiger partial charge in [-0.05, 0) is 29.8 Å². The van der Waals surface area contributed by atoms with Crippen LogP contribution in [0.1, 0.15) is 15.9 Å². The van der Waals surface area contributed by atoms with Gasteiger partial charge in [0.05, 0.1) is 10.5 Å². The van der Waals surface area contributed by atoms with Crippen LogP contribution in [0.15, 0.2) is 42.5 Å². The Bertz CT molecular complexity index is 942. The van der Waals surface area contributed by atoms with E-state index in [1.807, 2.05) is 24.3 Å². The van der Waals surface area contributed by atoms with Crippen molar-refractivity contribution in [3.05, 3.63) is 68.7 Å². The normalized spacial score (nSPS) is 14.4. The summed E-state index contributed by atoms with van der Waals surface area (Å²) in [4.78, 5) is 37.7. The first-order chi connectivity index (χ1) is 14.3. The number of ether oxygens (including phenoxy) is 1. The number of halogens is 1. The maximum absolute atomic E-state index is 12.4. The number of nitro groups is 1. The lowest BCUT2D eigenvalue weighted by Gasteiger charge is -2.34. The van der Waals surface area contributed by atoms with Gasteiger partial charge in [-0.25, -0.2) is 4.79 Å². The number of benzene rings is 2. The summed E-state index contributed by atoms with van der Waals surface area (Å²) in [6.45, 7) is 2.84. The zero-order valence-corrected chi connectivity index (χ0v) is 16.7. The molecule has 1 aliphatic rings. The van der Waals surface area contributed by atoms with Gasteiger partial charge in [0.2, 0.25) is 0 Å². The number of carbonyl (C=O) groups is 2. The molecule has 158 valence electrons. The number of hydrogen-bond donors (Lipinski definition) is 1. The van der Waals surface area contributed by atoms with Crippen molar-refractivity contribution in [1.82, 2.24) is 9.80 Å². The minimum atomic E-state index is -1.28. The third-order valence-electron chi connectivity index (χ3n) is 4.80. The van der Waals surface area contributed by atoms with E-state index in [-0.39, 0.29) is 23.8 Å². The average Bonchev–Trinajstić information content (AvgIpc) is 2.74. The Morgan fingerprint density at radius 3 is 2.37 bits per heavy atom. The zero-order valence-electron chi connectivity index (χ0n) is 16.0. The summed E-state index contributed by atoms with van der Waals surface area (Å²) in [5.74, 6) is -1.70. The summed E-state index contributed by atoms with van der Waals surface area (Å²) in [5.41, 5.74) is 0.423. The molecule has 1 fully saturated rings. The van der Waals surface area contributed by atoms with Gasteiger partial charge >= 0.3 is 11.7 Å². The molecule has 0 aliphatic carbocycles. The Morgan fingerprint density at radius 2 is 1.77 bits per heavy atom. The standard InChI is InChI=1S/C20H20ClN3O6/c21-16-4-1-14(2-5-16)12-22-7-9-23(10-8-22)19(25)13-30-18-6-3-15(20(26)27)11-17(18)24(28)29/h1-6,11H,7-10,12-13H2,(H,26,27). The van der Waals surface area contributed by atoms with Crippen LogP contribution in [-0.2, 0) is 11.3 Å². The molecule has 30 heavy (non-hydrogen) atoms. The number of carboxylic acids is 1. The molecule has 0 aromatic heterocycles. The molecule has 0 spiro atoms. The summed E-state index contributed by atoms with van der Waals surface area (Å²) < 4.78 is 5.33. The molecule has 0 unspecified atom stereocenters. The molecule has 1 aliphatic heterocycles. The molecular weight excluding hydrogens is 414 g/mol. The highest BCUT2D eigenvalue weighted by Crippen LogP contribution is 2.28. The maximum atomic E-state index is 12.4. The van der Waals surface area contributed by atoms with Gasteiger partial charge < -0.3 is 14.7 Å². The first-order valence-electron chi connectivity index (χ1n) is 9.22. The van der Waals surface area contributed by atoms with E-state index >= 15 is 0 Å². The van der Waals surface area contributed by atoms with Crippen molar-refractivity contribution < 1.29 is 24.4 Å². The van der Waals surface area contributed by atoms with Gasteiger partial charge in [0.25, 0.3) is 5.91 Å². The van der Waals surface area contributed by atoms with Crippen molar-refractivity contribution in [2.75, 3.05) is 32.8 Å². The van der Waals surface area contributed by atoms with Crippen LogP contribution in [0.5, 0.6) is 5.75 Å². The van der Waals surface area contributed by atoms with E-state index in [1.165, 1.54) is 12.1 Å². The molecule has 9 nitrogen and oxygen atoms in total. The SMILES string of the molecule is O=C(O)c1ccc(OCC(=O)N2CCN(Cc3ccc(Cl)cc3)CC2)c([N+](=O)[O-])c1. The van der Waals surface area contributed by atoms with Gasteiger partial charge in [-0.2, -0.15) is 0 Å². The molecule has 1 amide bonds. The maximum Gasteiger partial charge on any atom is 0.335 e. The van der Waals surface area contributed by atoms with Crippen molar-refractivity contribution in [2.24, 2.45) is 0 Å². The number of aromatic carboxylic acids is 1.